The Morgan fingerprint density at radius 1 is 1.73 bits per heavy atom. The molecule has 4 heteroatoms. The summed E-state index contributed by atoms with van der Waals surface area (Å²) in [6.45, 7) is 2.37. The Balaban J connectivity index is 2.06. The lowest BCUT2D eigenvalue weighted by Gasteiger charge is -2.07. The topological polar surface area (TPSA) is 64.4 Å². The maximum Gasteiger partial charge on any atom is 0.233 e. The summed E-state index contributed by atoms with van der Waals surface area (Å²) in [5.41, 5.74) is 5.11. The van der Waals surface area contributed by atoms with E-state index in [4.69, 9.17) is 10.5 Å². The van der Waals surface area contributed by atoms with Crippen LogP contribution in [0.15, 0.2) is 0 Å². The van der Waals surface area contributed by atoms with Crippen LogP contribution in [0.5, 0.6) is 0 Å². The maximum absolute atomic E-state index is 10.7. The van der Waals surface area contributed by atoms with Crippen molar-refractivity contribution >= 4 is 5.91 Å². The highest BCUT2D eigenvalue weighted by atomic mass is 16.5. The molecular weight excluding hydrogens is 144 g/mol. The summed E-state index contributed by atoms with van der Waals surface area (Å²) in [7, 11) is 0. The molecule has 1 rings (SSSR count). The van der Waals surface area contributed by atoms with Gasteiger partial charge in [0.2, 0.25) is 5.91 Å². The van der Waals surface area contributed by atoms with Gasteiger partial charge in [0.05, 0.1) is 13.2 Å². The van der Waals surface area contributed by atoms with E-state index < -0.39 is 0 Å². The van der Waals surface area contributed by atoms with Gasteiger partial charge in [-0.25, -0.2) is 0 Å². The standard InChI is InChI=1S/C7H14N2O2/c8-3-7(10)9-4-6-1-2-11-5-6/h6H,1-5,8H2,(H,9,10). The van der Waals surface area contributed by atoms with Gasteiger partial charge in [0.1, 0.15) is 0 Å². The van der Waals surface area contributed by atoms with Gasteiger partial charge in [-0.1, -0.05) is 0 Å². The Morgan fingerprint density at radius 3 is 3.09 bits per heavy atom. The zero-order valence-electron chi connectivity index (χ0n) is 6.51. The van der Waals surface area contributed by atoms with Gasteiger partial charge in [-0.05, 0) is 6.42 Å². The number of hydrogen-bond acceptors (Lipinski definition) is 3. The quantitative estimate of drug-likeness (QED) is 0.559. The molecule has 1 unspecified atom stereocenters. The van der Waals surface area contributed by atoms with Crippen LogP contribution in [0, 0.1) is 5.92 Å². The number of nitrogens with one attached hydrogen (secondary N) is 1. The van der Waals surface area contributed by atoms with Crippen molar-refractivity contribution in [3.8, 4) is 0 Å². The van der Waals surface area contributed by atoms with Crippen molar-refractivity contribution in [3.63, 3.8) is 0 Å². The second-order valence-corrected chi connectivity index (χ2v) is 2.74. The Labute approximate surface area is 66.1 Å². The van der Waals surface area contributed by atoms with Gasteiger partial charge in [-0.15, -0.1) is 0 Å². The van der Waals surface area contributed by atoms with Crippen molar-refractivity contribution in [1.82, 2.24) is 5.32 Å². The van der Waals surface area contributed by atoms with Crippen LogP contribution in [0.2, 0.25) is 0 Å². The summed E-state index contributed by atoms with van der Waals surface area (Å²) in [5.74, 6) is 0.405. The molecule has 1 saturated heterocycles. The number of carbonyl (C=O) groups is 1. The predicted molar refractivity (Wildman–Crippen MR) is 41.0 cm³/mol. The fraction of sp³-hybridized carbons (Fsp3) is 0.857. The van der Waals surface area contributed by atoms with Crippen LogP contribution in [-0.2, 0) is 9.53 Å². The number of nitrogens with two attached hydrogens (primary N) is 1. The van der Waals surface area contributed by atoms with Crippen LogP contribution in [0.4, 0.5) is 0 Å². The average Bonchev–Trinajstić information content (AvgIpc) is 2.52. The van der Waals surface area contributed by atoms with Gasteiger partial charge < -0.3 is 15.8 Å². The van der Waals surface area contributed by atoms with E-state index >= 15 is 0 Å². The molecule has 64 valence electrons. The van der Waals surface area contributed by atoms with Gasteiger partial charge in [-0.3, -0.25) is 4.79 Å². The molecule has 0 aliphatic carbocycles. The molecule has 4 nitrogen and oxygen atoms in total. The van der Waals surface area contributed by atoms with E-state index in [1.165, 1.54) is 0 Å². The minimum absolute atomic E-state index is 0.0770. The van der Waals surface area contributed by atoms with Crippen LogP contribution < -0.4 is 11.1 Å². The normalized spacial score (nSPS) is 23.5. The van der Waals surface area contributed by atoms with Crippen molar-refractivity contribution in [2.24, 2.45) is 11.7 Å². The van der Waals surface area contributed by atoms with Crippen molar-refractivity contribution in [1.29, 1.82) is 0 Å². The minimum atomic E-state index is -0.0862. The number of ether oxygens (including phenoxy) is 1. The Bertz CT molecular complexity index is 132. The van der Waals surface area contributed by atoms with Crippen molar-refractivity contribution in [3.05, 3.63) is 0 Å². The summed E-state index contributed by atoms with van der Waals surface area (Å²) in [4.78, 5) is 10.7. The zero-order valence-corrected chi connectivity index (χ0v) is 6.51. The highest BCUT2D eigenvalue weighted by Gasteiger charge is 2.15. The molecule has 1 aliphatic heterocycles. The van der Waals surface area contributed by atoms with Gasteiger partial charge in [0, 0.05) is 19.1 Å². The number of amides is 1. The molecule has 0 aromatic rings. The highest BCUT2D eigenvalue weighted by Crippen LogP contribution is 2.10. The van der Waals surface area contributed by atoms with Gasteiger partial charge in [0.15, 0.2) is 0 Å². The van der Waals surface area contributed by atoms with Gasteiger partial charge in [0.25, 0.3) is 0 Å². The van der Waals surface area contributed by atoms with Crippen LogP contribution >= 0.6 is 0 Å². The molecule has 1 aliphatic rings. The Kier molecular flexibility index (Phi) is 3.32. The first-order chi connectivity index (χ1) is 5.33. The van der Waals surface area contributed by atoms with E-state index in [2.05, 4.69) is 5.32 Å². The summed E-state index contributed by atoms with van der Waals surface area (Å²) in [5, 5.41) is 2.73. The van der Waals surface area contributed by atoms with Gasteiger partial charge >= 0.3 is 0 Å². The first-order valence-corrected chi connectivity index (χ1v) is 3.87. The van der Waals surface area contributed by atoms with E-state index in [1.54, 1.807) is 0 Å². The van der Waals surface area contributed by atoms with Crippen LogP contribution in [0.3, 0.4) is 0 Å². The second-order valence-electron chi connectivity index (χ2n) is 2.74. The number of rotatable bonds is 3. The van der Waals surface area contributed by atoms with Crippen LogP contribution in [0.25, 0.3) is 0 Å². The van der Waals surface area contributed by atoms with Crippen LogP contribution in [-0.4, -0.2) is 32.2 Å². The van der Waals surface area contributed by atoms with Crippen molar-refractivity contribution in [2.75, 3.05) is 26.3 Å². The third kappa shape index (κ3) is 2.86. The first-order valence-electron chi connectivity index (χ1n) is 3.87. The Morgan fingerprint density at radius 2 is 2.55 bits per heavy atom. The van der Waals surface area contributed by atoms with Gasteiger partial charge in [-0.2, -0.15) is 0 Å². The van der Waals surface area contributed by atoms with E-state index in [-0.39, 0.29) is 12.5 Å². The second kappa shape index (κ2) is 4.31. The fourth-order valence-electron chi connectivity index (χ4n) is 1.07. The molecule has 0 bridgehead atoms. The molecule has 0 saturated carbocycles. The molecule has 1 atom stereocenters. The average molecular weight is 158 g/mol. The summed E-state index contributed by atoms with van der Waals surface area (Å²) in [6.07, 6.45) is 1.05. The predicted octanol–water partition coefficient (Wildman–Crippen LogP) is -0.902. The molecule has 1 amide bonds. The molecule has 0 aromatic heterocycles. The molecule has 0 aromatic carbocycles. The molecule has 3 N–H and O–H groups in total. The lowest BCUT2D eigenvalue weighted by atomic mass is 10.1. The highest BCUT2D eigenvalue weighted by molar-refractivity contribution is 5.77. The Hall–Kier alpha value is -0.610. The molecule has 1 heterocycles. The third-order valence-corrected chi connectivity index (χ3v) is 1.80. The third-order valence-electron chi connectivity index (χ3n) is 1.80. The largest absolute Gasteiger partial charge is 0.381 e. The number of carbonyl (C=O) groups excluding carboxylic acids is 1. The monoisotopic (exact) mass is 158 g/mol. The fourth-order valence-corrected chi connectivity index (χ4v) is 1.07. The van der Waals surface area contributed by atoms with Crippen molar-refractivity contribution < 1.29 is 9.53 Å². The smallest absolute Gasteiger partial charge is 0.233 e. The molecule has 11 heavy (non-hydrogen) atoms. The lowest BCUT2D eigenvalue weighted by Crippen LogP contribution is -2.34. The van der Waals surface area contributed by atoms with Crippen LogP contribution in [0.1, 0.15) is 6.42 Å². The first kappa shape index (κ1) is 8.49. The van der Waals surface area contributed by atoms with E-state index in [0.717, 1.165) is 19.6 Å². The van der Waals surface area contributed by atoms with E-state index in [0.29, 0.717) is 12.5 Å². The summed E-state index contributed by atoms with van der Waals surface area (Å²) < 4.78 is 5.14. The minimum Gasteiger partial charge on any atom is -0.381 e. The molecule has 0 spiro atoms. The number of hydrogen-bond donors (Lipinski definition) is 2. The van der Waals surface area contributed by atoms with E-state index in [9.17, 15) is 4.79 Å². The maximum atomic E-state index is 10.7. The van der Waals surface area contributed by atoms with E-state index in [1.807, 2.05) is 0 Å². The lowest BCUT2D eigenvalue weighted by molar-refractivity contribution is -0.119. The molecule has 0 radical (unpaired) electrons. The summed E-state index contributed by atoms with van der Waals surface area (Å²) in [6, 6.07) is 0. The summed E-state index contributed by atoms with van der Waals surface area (Å²) >= 11 is 0. The van der Waals surface area contributed by atoms with Crippen molar-refractivity contribution in [2.45, 2.75) is 6.42 Å². The SMILES string of the molecule is NCC(=O)NCC1CCOC1. The molecule has 1 fully saturated rings. The zero-order chi connectivity index (χ0) is 8.10. The molecular formula is C7H14N2O2.